The highest BCUT2D eigenvalue weighted by atomic mass is 32.2. The van der Waals surface area contributed by atoms with Crippen molar-refractivity contribution in [2.45, 2.75) is 11.0 Å². The van der Waals surface area contributed by atoms with Crippen LogP contribution in [0.2, 0.25) is 0 Å². The van der Waals surface area contributed by atoms with Crippen LogP contribution in [0.1, 0.15) is 5.56 Å². The highest BCUT2D eigenvalue weighted by Crippen LogP contribution is 2.19. The average molecular weight is 305 g/mol. The normalized spacial score (nSPS) is 19.3. The molecule has 1 atom stereocenters. The summed E-state index contributed by atoms with van der Waals surface area (Å²) in [7, 11) is -3.65. The highest BCUT2D eigenvalue weighted by Gasteiger charge is 2.30. The molecule has 2 rings (SSSR count). The summed E-state index contributed by atoms with van der Waals surface area (Å²) in [6.45, 7) is 0.700. The summed E-state index contributed by atoms with van der Waals surface area (Å²) in [6, 6.07) is 8.31. The Morgan fingerprint density at radius 1 is 1.48 bits per heavy atom. The first-order valence-electron chi connectivity index (χ1n) is 6.38. The quantitative estimate of drug-likeness (QED) is 0.770. The molecule has 1 aliphatic rings. The van der Waals surface area contributed by atoms with Gasteiger partial charge in [0.1, 0.15) is 0 Å². The summed E-state index contributed by atoms with van der Waals surface area (Å²) >= 11 is 0. The first kappa shape index (κ1) is 15.5. The van der Waals surface area contributed by atoms with E-state index in [0.717, 1.165) is 0 Å². The summed E-state index contributed by atoms with van der Waals surface area (Å²) < 4.78 is 31.6. The number of nitrogens with two attached hydrogens (primary N) is 1. The second-order valence-electron chi connectivity index (χ2n) is 4.39. The molecule has 7 heteroatoms. The molecule has 1 aromatic rings. The highest BCUT2D eigenvalue weighted by molar-refractivity contribution is 7.89. The molecular weight excluding hydrogens is 290 g/mol. The van der Waals surface area contributed by atoms with Crippen LogP contribution >= 0.6 is 0 Å². The van der Waals surface area contributed by atoms with Crippen molar-refractivity contribution < 1.29 is 13.2 Å². The molecule has 0 amide bonds. The van der Waals surface area contributed by atoms with E-state index < -0.39 is 16.1 Å². The van der Waals surface area contributed by atoms with Gasteiger partial charge in [-0.3, -0.25) is 0 Å². The van der Waals surface area contributed by atoms with E-state index >= 15 is 0 Å². The molecule has 21 heavy (non-hydrogen) atoms. The molecule has 1 aliphatic heterocycles. The molecular formula is C14H15N3O3S. The Kier molecular flexibility index (Phi) is 4.94. The van der Waals surface area contributed by atoms with Gasteiger partial charge < -0.3 is 10.5 Å². The summed E-state index contributed by atoms with van der Waals surface area (Å²) in [5.41, 5.74) is 5.89. The van der Waals surface area contributed by atoms with Gasteiger partial charge in [0, 0.05) is 12.1 Å². The van der Waals surface area contributed by atoms with Crippen LogP contribution in [0.3, 0.4) is 0 Å². The third-order valence-corrected chi connectivity index (χ3v) is 4.84. The average Bonchev–Trinajstić information content (AvgIpc) is 2.53. The number of sulfonamides is 1. The van der Waals surface area contributed by atoms with Gasteiger partial charge in [-0.1, -0.05) is 17.9 Å². The van der Waals surface area contributed by atoms with Crippen molar-refractivity contribution in [2.24, 2.45) is 5.73 Å². The molecule has 1 saturated heterocycles. The summed E-state index contributed by atoms with van der Waals surface area (Å²) in [4.78, 5) is 0.157. The van der Waals surface area contributed by atoms with Crippen LogP contribution < -0.4 is 5.73 Å². The molecule has 1 unspecified atom stereocenters. The zero-order valence-electron chi connectivity index (χ0n) is 11.3. The Bertz CT molecular complexity index is 713. The summed E-state index contributed by atoms with van der Waals surface area (Å²) in [5.74, 6) is 5.49. The monoisotopic (exact) mass is 305 g/mol. The zero-order valence-corrected chi connectivity index (χ0v) is 12.1. The number of benzene rings is 1. The summed E-state index contributed by atoms with van der Waals surface area (Å²) in [6.07, 6.45) is -0.728. The SMILES string of the molecule is N#CC1CN(S(=O)(=O)c2cccc(C#CCN)c2)CCO1. The Morgan fingerprint density at radius 2 is 2.29 bits per heavy atom. The molecule has 1 fully saturated rings. The van der Waals surface area contributed by atoms with Crippen molar-refractivity contribution in [3.8, 4) is 17.9 Å². The number of morpholine rings is 1. The molecule has 0 spiro atoms. The maximum absolute atomic E-state index is 12.6. The van der Waals surface area contributed by atoms with Gasteiger partial charge in [-0.2, -0.15) is 9.57 Å². The molecule has 1 aromatic carbocycles. The van der Waals surface area contributed by atoms with Crippen LogP contribution in [0.4, 0.5) is 0 Å². The minimum atomic E-state index is -3.65. The minimum Gasteiger partial charge on any atom is -0.361 e. The van der Waals surface area contributed by atoms with Crippen molar-refractivity contribution in [1.29, 1.82) is 5.26 Å². The number of hydrogen-bond donors (Lipinski definition) is 1. The fourth-order valence-corrected chi connectivity index (χ4v) is 3.43. The molecule has 0 radical (unpaired) electrons. The van der Waals surface area contributed by atoms with Crippen LogP contribution in [0.5, 0.6) is 0 Å². The van der Waals surface area contributed by atoms with Gasteiger partial charge in [0.05, 0.1) is 30.7 Å². The maximum atomic E-state index is 12.6. The van der Waals surface area contributed by atoms with E-state index in [1.165, 1.54) is 16.4 Å². The lowest BCUT2D eigenvalue weighted by Crippen LogP contribution is -2.45. The lowest BCUT2D eigenvalue weighted by atomic mass is 10.2. The Morgan fingerprint density at radius 3 is 3.00 bits per heavy atom. The van der Waals surface area contributed by atoms with E-state index in [4.69, 9.17) is 15.7 Å². The van der Waals surface area contributed by atoms with Crippen molar-refractivity contribution in [2.75, 3.05) is 26.2 Å². The lowest BCUT2D eigenvalue weighted by Gasteiger charge is -2.28. The van der Waals surface area contributed by atoms with Gasteiger partial charge in [-0.15, -0.1) is 0 Å². The molecule has 0 aliphatic carbocycles. The first-order chi connectivity index (χ1) is 10.1. The smallest absolute Gasteiger partial charge is 0.243 e. The second kappa shape index (κ2) is 6.70. The van der Waals surface area contributed by atoms with Crippen LogP contribution in [0, 0.1) is 23.2 Å². The van der Waals surface area contributed by atoms with Crippen LogP contribution in [-0.4, -0.2) is 45.1 Å². The predicted octanol–water partition coefficient (Wildman–Crippen LogP) is -0.0901. The molecule has 110 valence electrons. The Hall–Kier alpha value is -1.90. The van der Waals surface area contributed by atoms with Gasteiger partial charge in [0.2, 0.25) is 10.0 Å². The molecule has 0 aromatic heterocycles. The number of nitriles is 1. The van der Waals surface area contributed by atoms with Crippen molar-refractivity contribution >= 4 is 10.0 Å². The Labute approximate surface area is 124 Å². The maximum Gasteiger partial charge on any atom is 0.243 e. The number of hydrogen-bond acceptors (Lipinski definition) is 5. The summed E-state index contributed by atoms with van der Waals surface area (Å²) in [5, 5.41) is 8.86. The Balaban J connectivity index is 2.29. The largest absolute Gasteiger partial charge is 0.361 e. The second-order valence-corrected chi connectivity index (χ2v) is 6.32. The van der Waals surface area contributed by atoms with E-state index in [-0.39, 0.29) is 31.1 Å². The van der Waals surface area contributed by atoms with Crippen LogP contribution in [0.25, 0.3) is 0 Å². The van der Waals surface area contributed by atoms with Crippen LogP contribution in [0.15, 0.2) is 29.2 Å². The van der Waals surface area contributed by atoms with Crippen molar-refractivity contribution in [3.05, 3.63) is 29.8 Å². The third kappa shape index (κ3) is 3.60. The van der Waals surface area contributed by atoms with Gasteiger partial charge in [-0.05, 0) is 18.2 Å². The fourth-order valence-electron chi connectivity index (χ4n) is 1.96. The van der Waals surface area contributed by atoms with Crippen molar-refractivity contribution in [1.82, 2.24) is 4.31 Å². The van der Waals surface area contributed by atoms with Gasteiger partial charge in [-0.25, -0.2) is 8.42 Å². The van der Waals surface area contributed by atoms with E-state index in [9.17, 15) is 8.42 Å². The van der Waals surface area contributed by atoms with Gasteiger partial charge >= 0.3 is 0 Å². The van der Waals surface area contributed by atoms with E-state index in [1.54, 1.807) is 12.1 Å². The topological polar surface area (TPSA) is 96.4 Å². The molecule has 0 bridgehead atoms. The molecule has 0 saturated carbocycles. The fraction of sp³-hybridized carbons (Fsp3) is 0.357. The third-order valence-electron chi connectivity index (χ3n) is 2.98. The molecule has 2 N–H and O–H groups in total. The van der Waals surface area contributed by atoms with Crippen LogP contribution in [-0.2, 0) is 14.8 Å². The van der Waals surface area contributed by atoms with Gasteiger partial charge in [0.15, 0.2) is 6.10 Å². The number of rotatable bonds is 2. The number of nitrogens with zero attached hydrogens (tertiary/aromatic N) is 2. The zero-order chi connectivity index (χ0) is 15.3. The standard InChI is InChI=1S/C14H15N3O3S/c15-6-2-4-12-3-1-5-14(9-12)21(18,19)17-7-8-20-13(10-16)11-17/h1,3,5,9,13H,6-8,11,15H2. The lowest BCUT2D eigenvalue weighted by molar-refractivity contribution is 0.0311. The van der Waals surface area contributed by atoms with Gasteiger partial charge in [0.25, 0.3) is 0 Å². The predicted molar refractivity (Wildman–Crippen MR) is 76.5 cm³/mol. The van der Waals surface area contributed by atoms with E-state index in [2.05, 4.69) is 11.8 Å². The van der Waals surface area contributed by atoms with E-state index in [0.29, 0.717) is 5.56 Å². The van der Waals surface area contributed by atoms with Crippen molar-refractivity contribution in [3.63, 3.8) is 0 Å². The molecule has 1 heterocycles. The first-order valence-corrected chi connectivity index (χ1v) is 7.82. The number of ether oxygens (including phenoxy) is 1. The minimum absolute atomic E-state index is 0.0392. The molecule has 6 nitrogen and oxygen atoms in total. The van der Waals surface area contributed by atoms with E-state index in [1.807, 2.05) is 6.07 Å².